The lowest BCUT2D eigenvalue weighted by Crippen LogP contribution is -2.22. The Morgan fingerprint density at radius 1 is 0.636 bits per heavy atom. The Kier molecular flexibility index (Phi) is 7.72. The third kappa shape index (κ3) is 6.35. The molecule has 3 aromatic carbocycles. The summed E-state index contributed by atoms with van der Waals surface area (Å²) in [5.74, 6) is 0.877. The molecule has 3 rings (SSSR count). The van der Waals surface area contributed by atoms with Crippen molar-refractivity contribution >= 4 is 23.2 Å². The number of amides is 2. The van der Waals surface area contributed by atoms with E-state index < -0.39 is 0 Å². The normalized spacial score (nSPS) is 10.5. The molecule has 0 aliphatic rings. The molecule has 0 fully saturated rings. The Bertz CT molecular complexity index is 1130. The van der Waals surface area contributed by atoms with E-state index in [1.165, 1.54) is 0 Å². The van der Waals surface area contributed by atoms with Crippen LogP contribution in [0.2, 0.25) is 0 Å². The fourth-order valence-corrected chi connectivity index (χ4v) is 3.55. The number of anilines is 2. The highest BCUT2D eigenvalue weighted by molar-refractivity contribution is 5.95. The fourth-order valence-electron chi connectivity index (χ4n) is 3.55. The van der Waals surface area contributed by atoms with Gasteiger partial charge in [-0.1, -0.05) is 42.5 Å². The molecule has 0 bridgehead atoms. The SMILES string of the molecule is Cc1ccc(NC(=O)COc2c(C)cccc2C)cc1NC(=O)COc1c(C)cccc1C. The second-order valence-corrected chi connectivity index (χ2v) is 8.15. The van der Waals surface area contributed by atoms with E-state index in [0.29, 0.717) is 22.9 Å². The molecule has 0 saturated heterocycles. The van der Waals surface area contributed by atoms with Gasteiger partial charge in [0.1, 0.15) is 11.5 Å². The van der Waals surface area contributed by atoms with Crippen LogP contribution < -0.4 is 20.1 Å². The van der Waals surface area contributed by atoms with Crippen molar-refractivity contribution in [3.8, 4) is 11.5 Å². The largest absolute Gasteiger partial charge is 0.483 e. The number of carbonyl (C=O) groups is 2. The predicted molar refractivity (Wildman–Crippen MR) is 131 cm³/mol. The first-order valence-corrected chi connectivity index (χ1v) is 10.8. The summed E-state index contributed by atoms with van der Waals surface area (Å²) in [5, 5.41) is 5.68. The number of ether oxygens (including phenoxy) is 2. The number of nitrogens with one attached hydrogen (secondary N) is 2. The van der Waals surface area contributed by atoms with E-state index in [2.05, 4.69) is 10.6 Å². The minimum atomic E-state index is -0.280. The number of carbonyl (C=O) groups excluding carboxylic acids is 2. The van der Waals surface area contributed by atoms with Gasteiger partial charge >= 0.3 is 0 Å². The highest BCUT2D eigenvalue weighted by Gasteiger charge is 2.11. The standard InChI is InChI=1S/C27H30N2O4/c1-17-12-13-22(28-24(30)15-32-26-18(2)8-6-9-19(26)3)14-23(17)29-25(31)16-33-27-20(4)10-7-11-21(27)5/h6-14H,15-16H2,1-5H3,(H,28,30)(H,29,31). The quantitative estimate of drug-likeness (QED) is 0.495. The number of hydrogen-bond donors (Lipinski definition) is 2. The number of rotatable bonds is 8. The highest BCUT2D eigenvalue weighted by atomic mass is 16.5. The number of aryl methyl sites for hydroxylation is 5. The zero-order chi connectivity index (χ0) is 24.0. The molecule has 0 atom stereocenters. The van der Waals surface area contributed by atoms with Crippen LogP contribution in [0.4, 0.5) is 11.4 Å². The van der Waals surface area contributed by atoms with E-state index in [1.54, 1.807) is 12.1 Å². The van der Waals surface area contributed by atoms with E-state index in [0.717, 1.165) is 27.8 Å². The van der Waals surface area contributed by atoms with Crippen molar-refractivity contribution in [2.45, 2.75) is 34.6 Å². The van der Waals surface area contributed by atoms with Crippen molar-refractivity contribution in [1.29, 1.82) is 0 Å². The molecular formula is C27H30N2O4. The first-order chi connectivity index (χ1) is 15.7. The highest BCUT2D eigenvalue weighted by Crippen LogP contribution is 2.24. The van der Waals surface area contributed by atoms with Gasteiger partial charge in [0.25, 0.3) is 11.8 Å². The van der Waals surface area contributed by atoms with E-state index >= 15 is 0 Å². The van der Waals surface area contributed by atoms with Crippen LogP contribution in [0, 0.1) is 34.6 Å². The average Bonchev–Trinajstić information content (AvgIpc) is 2.75. The molecule has 0 radical (unpaired) electrons. The molecule has 33 heavy (non-hydrogen) atoms. The van der Waals surface area contributed by atoms with Crippen molar-refractivity contribution < 1.29 is 19.1 Å². The minimum Gasteiger partial charge on any atom is -0.483 e. The van der Waals surface area contributed by atoms with E-state index in [-0.39, 0.29) is 25.0 Å². The Hall–Kier alpha value is -3.80. The smallest absolute Gasteiger partial charge is 0.262 e. The van der Waals surface area contributed by atoms with Gasteiger partial charge in [-0.2, -0.15) is 0 Å². The molecule has 172 valence electrons. The van der Waals surface area contributed by atoms with Gasteiger partial charge in [-0.25, -0.2) is 0 Å². The van der Waals surface area contributed by atoms with Gasteiger partial charge in [0.15, 0.2) is 13.2 Å². The molecule has 6 heteroatoms. The Morgan fingerprint density at radius 3 is 1.58 bits per heavy atom. The van der Waals surface area contributed by atoms with Gasteiger partial charge in [0.05, 0.1) is 0 Å². The first-order valence-electron chi connectivity index (χ1n) is 10.8. The third-order valence-corrected chi connectivity index (χ3v) is 5.31. The minimum absolute atomic E-state index is 0.106. The lowest BCUT2D eigenvalue weighted by Gasteiger charge is -2.14. The van der Waals surface area contributed by atoms with Crippen LogP contribution in [0.25, 0.3) is 0 Å². The topological polar surface area (TPSA) is 76.7 Å². The van der Waals surface area contributed by atoms with E-state index in [9.17, 15) is 9.59 Å². The van der Waals surface area contributed by atoms with Gasteiger partial charge in [-0.3, -0.25) is 9.59 Å². The van der Waals surface area contributed by atoms with Crippen LogP contribution in [0.5, 0.6) is 11.5 Å². The zero-order valence-corrected chi connectivity index (χ0v) is 19.7. The van der Waals surface area contributed by atoms with Crippen LogP contribution in [0.3, 0.4) is 0 Å². The third-order valence-electron chi connectivity index (χ3n) is 5.31. The molecule has 3 aromatic rings. The predicted octanol–water partition coefficient (Wildman–Crippen LogP) is 5.26. The van der Waals surface area contributed by atoms with Crippen molar-refractivity contribution in [1.82, 2.24) is 0 Å². The Morgan fingerprint density at radius 2 is 1.09 bits per heavy atom. The van der Waals surface area contributed by atoms with Crippen molar-refractivity contribution in [2.75, 3.05) is 23.8 Å². The summed E-state index contributed by atoms with van der Waals surface area (Å²) in [6, 6.07) is 17.0. The summed E-state index contributed by atoms with van der Waals surface area (Å²) in [4.78, 5) is 24.9. The monoisotopic (exact) mass is 446 g/mol. The molecular weight excluding hydrogens is 416 g/mol. The summed E-state index contributed by atoms with van der Waals surface area (Å²) in [5.41, 5.74) is 5.97. The van der Waals surface area contributed by atoms with Gasteiger partial charge in [0.2, 0.25) is 0 Å². The maximum absolute atomic E-state index is 12.5. The molecule has 2 amide bonds. The van der Waals surface area contributed by atoms with Crippen LogP contribution in [0.15, 0.2) is 54.6 Å². The van der Waals surface area contributed by atoms with Crippen molar-refractivity contribution in [3.05, 3.63) is 82.4 Å². The number of para-hydroxylation sites is 2. The number of hydrogen-bond acceptors (Lipinski definition) is 4. The van der Waals surface area contributed by atoms with E-state index in [4.69, 9.17) is 9.47 Å². The number of benzene rings is 3. The van der Waals surface area contributed by atoms with Crippen LogP contribution in [0.1, 0.15) is 27.8 Å². The van der Waals surface area contributed by atoms with Crippen molar-refractivity contribution in [2.24, 2.45) is 0 Å². The maximum Gasteiger partial charge on any atom is 0.262 e. The molecule has 2 N–H and O–H groups in total. The zero-order valence-electron chi connectivity index (χ0n) is 19.7. The molecule has 0 aromatic heterocycles. The summed E-state index contributed by atoms with van der Waals surface area (Å²) < 4.78 is 11.4. The molecule has 0 aliphatic carbocycles. The molecule has 0 aliphatic heterocycles. The Labute approximate surface area is 194 Å². The van der Waals surface area contributed by atoms with Crippen LogP contribution >= 0.6 is 0 Å². The van der Waals surface area contributed by atoms with Gasteiger partial charge < -0.3 is 20.1 Å². The van der Waals surface area contributed by atoms with Crippen LogP contribution in [-0.4, -0.2) is 25.0 Å². The fraction of sp³-hybridized carbons (Fsp3) is 0.259. The maximum atomic E-state index is 12.5. The van der Waals surface area contributed by atoms with Gasteiger partial charge in [-0.15, -0.1) is 0 Å². The Balaban J connectivity index is 1.58. The summed E-state index contributed by atoms with van der Waals surface area (Å²) in [6.45, 7) is 9.45. The van der Waals surface area contributed by atoms with Gasteiger partial charge in [-0.05, 0) is 74.6 Å². The molecule has 0 heterocycles. The first kappa shape index (κ1) is 23.9. The molecule has 0 saturated carbocycles. The second kappa shape index (κ2) is 10.7. The van der Waals surface area contributed by atoms with Crippen molar-refractivity contribution in [3.63, 3.8) is 0 Å². The van der Waals surface area contributed by atoms with Gasteiger partial charge in [0, 0.05) is 11.4 Å². The van der Waals surface area contributed by atoms with E-state index in [1.807, 2.05) is 77.1 Å². The lowest BCUT2D eigenvalue weighted by molar-refractivity contribution is -0.118. The summed E-state index contributed by atoms with van der Waals surface area (Å²) in [6.07, 6.45) is 0. The lowest BCUT2D eigenvalue weighted by atomic mass is 10.1. The molecule has 6 nitrogen and oxygen atoms in total. The van der Waals surface area contributed by atoms with Crippen LogP contribution in [-0.2, 0) is 9.59 Å². The summed E-state index contributed by atoms with van der Waals surface area (Å²) >= 11 is 0. The molecule has 0 spiro atoms. The summed E-state index contributed by atoms with van der Waals surface area (Å²) in [7, 11) is 0. The molecule has 0 unspecified atom stereocenters. The average molecular weight is 447 g/mol. The second-order valence-electron chi connectivity index (χ2n) is 8.15.